The molecule has 2 aliphatic carbocycles. The van der Waals surface area contributed by atoms with E-state index in [1.54, 1.807) is 0 Å². The van der Waals surface area contributed by atoms with Crippen molar-refractivity contribution in [1.82, 2.24) is 10.2 Å². The lowest BCUT2D eigenvalue weighted by Crippen LogP contribution is -2.30. The van der Waals surface area contributed by atoms with Crippen molar-refractivity contribution in [2.75, 3.05) is 13.2 Å². The first-order valence-electron chi connectivity index (χ1n) is 12.0. The first-order valence-corrected chi connectivity index (χ1v) is 12.4. The molecule has 31 heavy (non-hydrogen) atoms. The molecule has 0 atom stereocenters. The van der Waals surface area contributed by atoms with Crippen molar-refractivity contribution < 1.29 is 4.74 Å². The fraction of sp³-hybridized carbons (Fsp3) is 0.519. The summed E-state index contributed by atoms with van der Waals surface area (Å²) >= 11 is 5.43. The monoisotopic (exact) mass is 434 g/mol. The van der Waals surface area contributed by atoms with Gasteiger partial charge in [0.2, 0.25) is 0 Å². The maximum absolute atomic E-state index is 6.16. The topological polar surface area (TPSA) is 24.5 Å². The zero-order valence-corrected chi connectivity index (χ0v) is 19.5. The van der Waals surface area contributed by atoms with Crippen LogP contribution < -0.4 is 10.1 Å². The molecule has 1 aliphatic heterocycles. The Morgan fingerprint density at radius 1 is 1.06 bits per heavy atom. The smallest absolute Gasteiger partial charge is 0.122 e. The van der Waals surface area contributed by atoms with Crippen molar-refractivity contribution in [3.8, 4) is 5.75 Å². The Morgan fingerprint density at radius 2 is 1.84 bits per heavy atom. The van der Waals surface area contributed by atoms with Gasteiger partial charge in [-0.25, -0.2) is 0 Å². The molecule has 3 aliphatic rings. The summed E-state index contributed by atoms with van der Waals surface area (Å²) in [6.07, 6.45) is 7.69. The molecule has 2 saturated carbocycles. The fourth-order valence-electron chi connectivity index (χ4n) is 4.74. The predicted octanol–water partition coefficient (Wildman–Crippen LogP) is 5.56. The van der Waals surface area contributed by atoms with E-state index in [0.29, 0.717) is 5.92 Å². The van der Waals surface area contributed by atoms with Crippen LogP contribution in [-0.2, 0) is 26.1 Å². The van der Waals surface area contributed by atoms with Crippen LogP contribution >= 0.6 is 12.2 Å². The van der Waals surface area contributed by atoms with Crippen molar-refractivity contribution in [2.24, 2.45) is 11.8 Å². The Morgan fingerprint density at radius 3 is 2.55 bits per heavy atom. The van der Waals surface area contributed by atoms with Gasteiger partial charge in [0.25, 0.3) is 0 Å². The Hall–Kier alpha value is -1.91. The molecule has 0 unspecified atom stereocenters. The average molecular weight is 435 g/mol. The Labute approximate surface area is 192 Å². The van der Waals surface area contributed by atoms with Gasteiger partial charge in [-0.05, 0) is 78.8 Å². The van der Waals surface area contributed by atoms with Crippen molar-refractivity contribution >= 4 is 17.2 Å². The summed E-state index contributed by atoms with van der Waals surface area (Å²) in [5.41, 5.74) is 7.02. The molecule has 0 amide bonds. The highest BCUT2D eigenvalue weighted by Gasteiger charge is 2.26. The molecule has 0 spiro atoms. The van der Waals surface area contributed by atoms with Gasteiger partial charge in [0.1, 0.15) is 5.75 Å². The number of hydrogen-bond acceptors (Lipinski definition) is 3. The Kier molecular flexibility index (Phi) is 6.29. The van der Waals surface area contributed by atoms with Gasteiger partial charge >= 0.3 is 0 Å². The quantitative estimate of drug-likeness (QED) is 0.550. The number of ether oxygens (including phenoxy) is 1. The van der Waals surface area contributed by atoms with Crippen LogP contribution in [0.3, 0.4) is 0 Å². The second-order valence-corrected chi connectivity index (χ2v) is 10.1. The second kappa shape index (κ2) is 9.30. The van der Waals surface area contributed by atoms with Gasteiger partial charge in [-0.3, -0.25) is 4.90 Å². The zero-order valence-electron chi connectivity index (χ0n) is 18.7. The van der Waals surface area contributed by atoms with Gasteiger partial charge in [0.15, 0.2) is 0 Å². The number of nitrogens with zero attached hydrogens (tertiary/aromatic N) is 1. The number of thiocarbonyl (C=S) groups is 1. The van der Waals surface area contributed by atoms with Crippen molar-refractivity contribution in [3.63, 3.8) is 0 Å². The van der Waals surface area contributed by atoms with Crippen LogP contribution in [0.2, 0.25) is 0 Å². The minimum Gasteiger partial charge on any atom is -0.493 e. The number of fused-ring (bicyclic) bond motifs is 1. The van der Waals surface area contributed by atoms with E-state index >= 15 is 0 Å². The predicted molar refractivity (Wildman–Crippen MR) is 130 cm³/mol. The van der Waals surface area contributed by atoms with E-state index in [4.69, 9.17) is 17.0 Å². The molecule has 1 N–H and O–H groups in total. The van der Waals surface area contributed by atoms with E-state index in [1.807, 2.05) is 0 Å². The maximum atomic E-state index is 6.16. The fourth-order valence-corrected chi connectivity index (χ4v) is 5.04. The highest BCUT2D eigenvalue weighted by Crippen LogP contribution is 2.32. The van der Waals surface area contributed by atoms with Crippen molar-refractivity contribution in [2.45, 2.75) is 65.1 Å². The molecule has 1 heterocycles. The molecular formula is C27H34N2OS. The van der Waals surface area contributed by atoms with Crippen LogP contribution in [0.1, 0.15) is 59.9 Å². The molecule has 3 nitrogen and oxygen atoms in total. The van der Waals surface area contributed by atoms with E-state index < -0.39 is 0 Å². The van der Waals surface area contributed by atoms with Gasteiger partial charge < -0.3 is 10.1 Å². The summed E-state index contributed by atoms with van der Waals surface area (Å²) in [6, 6.07) is 13.5. The molecule has 164 valence electrons. The lowest BCUT2D eigenvalue weighted by atomic mass is 9.86. The van der Waals surface area contributed by atoms with Crippen LogP contribution in [0.5, 0.6) is 5.75 Å². The van der Waals surface area contributed by atoms with Crippen LogP contribution in [0, 0.1) is 18.8 Å². The normalized spacial score (nSPS) is 18.9. The first-order chi connectivity index (χ1) is 15.2. The minimum absolute atomic E-state index is 0.644. The van der Waals surface area contributed by atoms with Gasteiger partial charge in [0, 0.05) is 32.1 Å². The molecule has 2 aromatic rings. The molecule has 0 bridgehead atoms. The van der Waals surface area contributed by atoms with E-state index in [-0.39, 0.29) is 0 Å². The number of hydrogen-bond donors (Lipinski definition) is 1. The highest BCUT2D eigenvalue weighted by molar-refractivity contribution is 7.80. The molecule has 2 aromatic carbocycles. The van der Waals surface area contributed by atoms with Crippen LogP contribution in [0.25, 0.3) is 0 Å². The third-order valence-corrected chi connectivity index (χ3v) is 7.74. The standard InChI is InChI=1S/C27H34N2OS/c1-19-25-13-14-29(17-24(25)11-12-26(19)30-18-22-3-2-4-22)16-21-7-5-20(6-8-21)15-28-27(31)23-9-10-23/h5-8,11-12,22-23H,2-4,9-10,13-18H2,1H3,(H,28,31). The van der Waals surface area contributed by atoms with E-state index in [9.17, 15) is 0 Å². The molecule has 0 aromatic heterocycles. The molecule has 5 rings (SSSR count). The molecule has 0 saturated heterocycles. The summed E-state index contributed by atoms with van der Waals surface area (Å²) in [6.45, 7) is 7.12. The van der Waals surface area contributed by atoms with Crippen molar-refractivity contribution in [3.05, 3.63) is 64.2 Å². The SMILES string of the molecule is Cc1c(OCC2CCC2)ccc2c1CCN(Cc1ccc(CNC(=S)C3CC3)cc1)C2. The molecule has 0 radical (unpaired) electrons. The molecule has 4 heteroatoms. The summed E-state index contributed by atoms with van der Waals surface area (Å²) in [5, 5.41) is 3.41. The third kappa shape index (κ3) is 5.12. The average Bonchev–Trinajstić information content (AvgIpc) is 3.59. The second-order valence-electron chi connectivity index (χ2n) is 9.70. The lowest BCUT2D eigenvalue weighted by Gasteiger charge is -2.31. The van der Waals surface area contributed by atoms with E-state index in [0.717, 1.165) is 55.9 Å². The maximum Gasteiger partial charge on any atom is 0.122 e. The van der Waals surface area contributed by atoms with E-state index in [1.165, 1.54) is 59.9 Å². The van der Waals surface area contributed by atoms with Crippen LogP contribution in [0.15, 0.2) is 36.4 Å². The minimum atomic E-state index is 0.644. The molecular weight excluding hydrogens is 400 g/mol. The summed E-state index contributed by atoms with van der Waals surface area (Å²) in [4.78, 5) is 3.61. The lowest BCUT2D eigenvalue weighted by molar-refractivity contribution is 0.179. The first kappa shape index (κ1) is 21.0. The van der Waals surface area contributed by atoms with Gasteiger partial charge in [-0.2, -0.15) is 0 Å². The van der Waals surface area contributed by atoms with E-state index in [2.05, 4.69) is 53.5 Å². The third-order valence-electron chi connectivity index (χ3n) is 7.26. The number of benzene rings is 2. The number of rotatable bonds is 8. The summed E-state index contributed by atoms with van der Waals surface area (Å²) in [5.74, 6) is 2.53. The van der Waals surface area contributed by atoms with Crippen LogP contribution in [-0.4, -0.2) is 23.0 Å². The zero-order chi connectivity index (χ0) is 21.2. The molecule has 2 fully saturated rings. The van der Waals surface area contributed by atoms with Gasteiger partial charge in [0.05, 0.1) is 11.6 Å². The Balaban J connectivity index is 1.15. The highest BCUT2D eigenvalue weighted by atomic mass is 32.1. The summed E-state index contributed by atoms with van der Waals surface area (Å²) in [7, 11) is 0. The summed E-state index contributed by atoms with van der Waals surface area (Å²) < 4.78 is 6.16. The van der Waals surface area contributed by atoms with Crippen molar-refractivity contribution in [1.29, 1.82) is 0 Å². The van der Waals surface area contributed by atoms with Gasteiger partial charge in [-0.15, -0.1) is 0 Å². The number of nitrogens with one attached hydrogen (secondary N) is 1. The Bertz CT molecular complexity index is 931. The largest absolute Gasteiger partial charge is 0.493 e. The van der Waals surface area contributed by atoms with Crippen LogP contribution in [0.4, 0.5) is 0 Å². The van der Waals surface area contributed by atoms with Gasteiger partial charge in [-0.1, -0.05) is 49.0 Å².